The van der Waals surface area contributed by atoms with Gasteiger partial charge in [-0.25, -0.2) is 4.79 Å². The molecule has 2 fully saturated rings. The molecule has 0 bridgehead atoms. The molecule has 0 aliphatic heterocycles. The molecular weight excluding hydrogens is 556 g/mol. The standard InChI is InChI=1S/C25H31N2O5S.C5H5.Fe/c1-17(2)23(25(31)32-3)27-24(30)20(15-18-9-5-4-6-10-18)26-22(29)16-33-14-13-21(28)19-11-7-8-12-19;1-2-4-5-3-1;/h4-12,17,20,23H,13-16H2,1-3H3,(H,26,29)(H,27,30);1-5H;/q;;+2/t20-,23-;;/m0../s1. The van der Waals surface area contributed by atoms with E-state index in [4.69, 9.17) is 4.74 Å². The van der Waals surface area contributed by atoms with E-state index >= 15 is 0 Å². The van der Waals surface area contributed by atoms with Gasteiger partial charge in [0.05, 0.1) is 12.9 Å². The third-order valence-electron chi connectivity index (χ3n) is 5.60. The molecule has 2 aliphatic rings. The number of methoxy groups -OCH3 is 1. The summed E-state index contributed by atoms with van der Waals surface area (Å²) in [6.45, 7) is 3.61. The predicted octanol–water partition coefficient (Wildman–Crippen LogP) is 3.14. The van der Waals surface area contributed by atoms with Gasteiger partial charge in [-0.3, -0.25) is 14.4 Å². The Hall–Kier alpha value is -1.83. The summed E-state index contributed by atoms with van der Waals surface area (Å²) in [4.78, 5) is 49.6. The fourth-order valence-corrected chi connectivity index (χ4v) is 4.27. The molecule has 208 valence electrons. The Balaban J connectivity index is 0.00000113. The molecule has 2 amide bonds. The van der Waals surface area contributed by atoms with Crippen molar-refractivity contribution >= 4 is 35.3 Å². The van der Waals surface area contributed by atoms with Gasteiger partial charge in [-0.1, -0.05) is 44.2 Å². The molecular formula is C30H36FeN2O5S+2. The first-order chi connectivity index (χ1) is 18.3. The van der Waals surface area contributed by atoms with E-state index in [-0.39, 0.29) is 46.9 Å². The molecule has 7 nitrogen and oxygen atoms in total. The van der Waals surface area contributed by atoms with Crippen molar-refractivity contribution in [3.63, 3.8) is 0 Å². The zero-order valence-corrected chi connectivity index (χ0v) is 24.4. The third-order valence-corrected chi connectivity index (χ3v) is 6.56. The Morgan fingerprint density at radius 2 is 1.46 bits per heavy atom. The summed E-state index contributed by atoms with van der Waals surface area (Å²) in [6, 6.07) is 7.67. The average Bonchev–Trinajstić information content (AvgIpc) is 3.66. The molecule has 1 aromatic rings. The van der Waals surface area contributed by atoms with Crippen LogP contribution in [-0.4, -0.2) is 54.3 Å². The molecule has 2 aliphatic carbocycles. The molecule has 0 unspecified atom stereocenters. The summed E-state index contributed by atoms with van der Waals surface area (Å²) in [6.07, 6.45) is 17.8. The van der Waals surface area contributed by atoms with E-state index in [1.165, 1.54) is 18.9 Å². The SMILES string of the molecule is COC(=O)[C@@H](NC(=O)[C@H](Cc1ccccc1)NC(=O)CSCCC(=O)[C]1[CH][CH][CH][CH]1)C(C)C.[CH]1[CH][CH][CH][CH]1.[Fe+2]. The van der Waals surface area contributed by atoms with Crippen LogP contribution in [0, 0.1) is 69.6 Å². The second kappa shape index (κ2) is 20.1. The van der Waals surface area contributed by atoms with Crippen LogP contribution in [-0.2, 0) is 47.4 Å². The molecule has 3 rings (SSSR count). The third kappa shape index (κ3) is 13.9. The smallest absolute Gasteiger partial charge is 0.467 e. The predicted molar refractivity (Wildman–Crippen MR) is 150 cm³/mol. The zero-order chi connectivity index (χ0) is 27.8. The number of benzene rings is 1. The molecule has 0 aromatic heterocycles. The first-order valence-electron chi connectivity index (χ1n) is 12.5. The van der Waals surface area contributed by atoms with Gasteiger partial charge in [0.15, 0.2) is 0 Å². The van der Waals surface area contributed by atoms with Gasteiger partial charge in [0.2, 0.25) is 11.8 Å². The maximum atomic E-state index is 13.0. The minimum Gasteiger partial charge on any atom is -0.467 e. The maximum absolute atomic E-state index is 13.0. The van der Waals surface area contributed by atoms with Crippen molar-refractivity contribution in [1.82, 2.24) is 10.6 Å². The molecule has 10 radical (unpaired) electrons. The van der Waals surface area contributed by atoms with Gasteiger partial charge < -0.3 is 15.4 Å². The van der Waals surface area contributed by atoms with E-state index in [0.29, 0.717) is 18.1 Å². The Kier molecular flexibility index (Phi) is 18.1. The summed E-state index contributed by atoms with van der Waals surface area (Å²) in [5, 5.41) is 5.48. The molecule has 2 atom stereocenters. The van der Waals surface area contributed by atoms with Crippen LogP contribution >= 0.6 is 11.8 Å². The summed E-state index contributed by atoms with van der Waals surface area (Å²) < 4.78 is 4.79. The molecule has 2 saturated carbocycles. The number of hydrogen-bond acceptors (Lipinski definition) is 6. The monoisotopic (exact) mass is 592 g/mol. The summed E-state index contributed by atoms with van der Waals surface area (Å²) in [5.74, 6) is -0.133. The van der Waals surface area contributed by atoms with Gasteiger partial charge in [0, 0.05) is 24.5 Å². The molecule has 9 heteroatoms. The normalized spacial score (nSPS) is 16.3. The minimum atomic E-state index is -0.850. The quantitative estimate of drug-likeness (QED) is 0.208. The van der Waals surface area contributed by atoms with Crippen LogP contribution in [0.15, 0.2) is 30.3 Å². The number of esters is 1. The summed E-state index contributed by atoms with van der Waals surface area (Å²) in [5.41, 5.74) is 0.880. The number of carbonyl (C=O) groups excluding carboxylic acids is 4. The van der Waals surface area contributed by atoms with Crippen molar-refractivity contribution in [2.75, 3.05) is 18.6 Å². The van der Waals surface area contributed by atoms with Crippen LogP contribution in [0.3, 0.4) is 0 Å². The van der Waals surface area contributed by atoms with E-state index in [1.807, 2.05) is 75.3 Å². The summed E-state index contributed by atoms with van der Waals surface area (Å²) >= 11 is 1.34. The van der Waals surface area contributed by atoms with Crippen molar-refractivity contribution < 1.29 is 41.0 Å². The van der Waals surface area contributed by atoms with E-state index < -0.39 is 24.0 Å². The van der Waals surface area contributed by atoms with Crippen LogP contribution in [0.25, 0.3) is 0 Å². The molecule has 0 heterocycles. The number of rotatable bonds is 13. The van der Waals surface area contributed by atoms with Crippen LogP contribution in [0.1, 0.15) is 25.8 Å². The maximum Gasteiger partial charge on any atom is 2.00 e. The molecule has 0 spiro atoms. The van der Waals surface area contributed by atoms with Crippen molar-refractivity contribution in [3.05, 3.63) is 99.6 Å². The van der Waals surface area contributed by atoms with Gasteiger partial charge in [-0.2, -0.15) is 11.8 Å². The van der Waals surface area contributed by atoms with Crippen LogP contribution in [0.5, 0.6) is 0 Å². The number of amides is 2. The fourth-order valence-electron chi connectivity index (χ4n) is 3.53. The topological polar surface area (TPSA) is 102 Å². The second-order valence-corrected chi connectivity index (χ2v) is 10.0. The summed E-state index contributed by atoms with van der Waals surface area (Å²) in [7, 11) is 1.27. The first-order valence-corrected chi connectivity index (χ1v) is 13.7. The number of thioether (sulfide) groups is 1. The largest absolute Gasteiger partial charge is 2.00 e. The Morgan fingerprint density at radius 1 is 0.872 bits per heavy atom. The van der Waals surface area contributed by atoms with Crippen molar-refractivity contribution in [2.45, 2.75) is 38.8 Å². The van der Waals surface area contributed by atoms with Gasteiger partial charge >= 0.3 is 23.0 Å². The van der Waals surface area contributed by atoms with Crippen molar-refractivity contribution in [1.29, 1.82) is 0 Å². The number of ketones is 1. The first kappa shape index (κ1) is 35.2. The molecule has 0 saturated heterocycles. The Labute approximate surface area is 249 Å². The minimum absolute atomic E-state index is 0. The van der Waals surface area contributed by atoms with E-state index in [1.54, 1.807) is 26.7 Å². The molecule has 1 aromatic carbocycles. The van der Waals surface area contributed by atoms with Crippen LogP contribution in [0.4, 0.5) is 0 Å². The van der Waals surface area contributed by atoms with Crippen molar-refractivity contribution in [2.24, 2.45) is 5.92 Å². The van der Waals surface area contributed by atoms with Crippen LogP contribution in [0.2, 0.25) is 0 Å². The van der Waals surface area contributed by atoms with E-state index in [0.717, 1.165) is 5.56 Å². The second-order valence-electron chi connectivity index (χ2n) is 8.92. The van der Waals surface area contributed by atoms with E-state index in [2.05, 4.69) is 10.6 Å². The van der Waals surface area contributed by atoms with Gasteiger partial charge in [0.25, 0.3) is 0 Å². The number of hydrogen-bond donors (Lipinski definition) is 2. The van der Waals surface area contributed by atoms with Gasteiger partial charge in [0.1, 0.15) is 17.9 Å². The van der Waals surface area contributed by atoms with Gasteiger partial charge in [-0.15, -0.1) is 0 Å². The Bertz CT molecular complexity index is 866. The molecule has 2 N–H and O–H groups in total. The average molecular weight is 593 g/mol. The van der Waals surface area contributed by atoms with Crippen LogP contribution < -0.4 is 10.6 Å². The molecule has 39 heavy (non-hydrogen) atoms. The number of ether oxygens (including phenoxy) is 1. The Morgan fingerprint density at radius 3 is 2.00 bits per heavy atom. The van der Waals surface area contributed by atoms with Gasteiger partial charge in [-0.05, 0) is 69.3 Å². The van der Waals surface area contributed by atoms with E-state index in [9.17, 15) is 19.2 Å². The number of carbonyl (C=O) groups is 4. The zero-order valence-electron chi connectivity index (χ0n) is 22.4. The number of nitrogens with one attached hydrogen (secondary N) is 2. The number of Topliss-reactive ketones (excluding diaryl/α,β-unsaturated/α-hetero) is 1. The van der Waals surface area contributed by atoms with Crippen molar-refractivity contribution in [3.8, 4) is 0 Å². The fraction of sp³-hybridized carbons (Fsp3) is 0.333.